The highest BCUT2D eigenvalue weighted by Crippen LogP contribution is 2.24. The van der Waals surface area contributed by atoms with Crippen LogP contribution in [-0.4, -0.2) is 16.9 Å². The third-order valence-corrected chi connectivity index (χ3v) is 3.08. The Morgan fingerprint density at radius 3 is 2.00 bits per heavy atom. The van der Waals surface area contributed by atoms with Gasteiger partial charge in [0.15, 0.2) is 5.78 Å². The van der Waals surface area contributed by atoms with E-state index < -0.39 is 5.97 Å². The van der Waals surface area contributed by atoms with E-state index >= 15 is 0 Å². The lowest BCUT2D eigenvalue weighted by atomic mass is 9.97. The number of hydrogen-bond acceptors (Lipinski definition) is 2. The van der Waals surface area contributed by atoms with E-state index in [-0.39, 0.29) is 11.3 Å². The zero-order chi connectivity index (χ0) is 14.0. The fourth-order valence-electron chi connectivity index (χ4n) is 2.01. The van der Waals surface area contributed by atoms with Gasteiger partial charge in [-0.05, 0) is 42.7 Å². The molecule has 3 heteroatoms. The minimum absolute atomic E-state index is 0.0319. The number of ketones is 1. The van der Waals surface area contributed by atoms with Crippen LogP contribution in [-0.2, 0) is 0 Å². The molecule has 19 heavy (non-hydrogen) atoms. The second-order valence-corrected chi connectivity index (χ2v) is 4.47. The second-order valence-electron chi connectivity index (χ2n) is 4.47. The van der Waals surface area contributed by atoms with Gasteiger partial charge in [0, 0.05) is 5.56 Å². The van der Waals surface area contributed by atoms with Crippen molar-refractivity contribution < 1.29 is 14.7 Å². The summed E-state index contributed by atoms with van der Waals surface area (Å²) in [6.45, 7) is 3.41. The minimum Gasteiger partial charge on any atom is -0.478 e. The maximum atomic E-state index is 11.2. The van der Waals surface area contributed by atoms with Crippen LogP contribution in [0.5, 0.6) is 0 Å². The normalized spacial score (nSPS) is 10.2. The molecule has 1 N–H and O–H groups in total. The lowest BCUT2D eigenvalue weighted by molar-refractivity contribution is 0.0696. The molecule has 0 fully saturated rings. The maximum absolute atomic E-state index is 11.2. The zero-order valence-corrected chi connectivity index (χ0v) is 10.8. The molecular formula is C16H14O3. The molecule has 0 aliphatic heterocycles. The van der Waals surface area contributed by atoms with E-state index in [1.54, 1.807) is 30.3 Å². The quantitative estimate of drug-likeness (QED) is 0.852. The van der Waals surface area contributed by atoms with Crippen molar-refractivity contribution in [3.63, 3.8) is 0 Å². The molecule has 0 saturated carbocycles. The van der Waals surface area contributed by atoms with E-state index in [1.165, 1.54) is 6.92 Å². The van der Waals surface area contributed by atoms with Gasteiger partial charge in [0.25, 0.3) is 0 Å². The summed E-state index contributed by atoms with van der Waals surface area (Å²) in [5.74, 6) is -0.897. The molecule has 0 saturated heterocycles. The average Bonchev–Trinajstić information content (AvgIpc) is 2.38. The predicted octanol–water partition coefficient (Wildman–Crippen LogP) is 3.56. The Kier molecular flexibility index (Phi) is 3.47. The van der Waals surface area contributed by atoms with Crippen LogP contribution in [0.4, 0.5) is 0 Å². The molecule has 2 aromatic carbocycles. The standard InChI is InChI=1S/C16H14O3/c1-10-9-14(16(18)19)7-8-15(10)13-5-3-12(4-6-13)11(2)17/h3-9H,1-2H3,(H,18,19). The average molecular weight is 254 g/mol. The number of aryl methyl sites for hydroxylation is 1. The van der Waals surface area contributed by atoms with Crippen molar-refractivity contribution in [2.24, 2.45) is 0 Å². The van der Waals surface area contributed by atoms with E-state index in [0.717, 1.165) is 16.7 Å². The Labute approximate surface area is 111 Å². The first-order chi connectivity index (χ1) is 8.99. The minimum atomic E-state index is -0.929. The van der Waals surface area contributed by atoms with Crippen molar-refractivity contribution in [3.8, 4) is 11.1 Å². The lowest BCUT2D eigenvalue weighted by Gasteiger charge is -2.07. The number of carbonyl (C=O) groups is 2. The topological polar surface area (TPSA) is 54.4 Å². The van der Waals surface area contributed by atoms with Crippen LogP contribution >= 0.6 is 0 Å². The van der Waals surface area contributed by atoms with Crippen LogP contribution in [0.1, 0.15) is 33.2 Å². The van der Waals surface area contributed by atoms with E-state index in [2.05, 4.69) is 0 Å². The lowest BCUT2D eigenvalue weighted by Crippen LogP contribution is -1.97. The van der Waals surface area contributed by atoms with Gasteiger partial charge in [-0.2, -0.15) is 0 Å². The van der Waals surface area contributed by atoms with Crippen molar-refractivity contribution in [1.82, 2.24) is 0 Å². The number of hydrogen-bond donors (Lipinski definition) is 1. The summed E-state index contributed by atoms with van der Waals surface area (Å²) >= 11 is 0. The Bertz CT molecular complexity index is 640. The Balaban J connectivity index is 2.41. The molecule has 0 spiro atoms. The van der Waals surface area contributed by atoms with Gasteiger partial charge in [-0.25, -0.2) is 4.79 Å². The predicted molar refractivity (Wildman–Crippen MR) is 73.6 cm³/mol. The van der Waals surface area contributed by atoms with Crippen molar-refractivity contribution in [2.45, 2.75) is 13.8 Å². The van der Waals surface area contributed by atoms with Crippen LogP contribution in [0.3, 0.4) is 0 Å². The number of rotatable bonds is 3. The Hall–Kier alpha value is -2.42. The fourth-order valence-corrected chi connectivity index (χ4v) is 2.01. The van der Waals surface area contributed by atoms with Crippen molar-refractivity contribution in [2.75, 3.05) is 0 Å². The summed E-state index contributed by atoms with van der Waals surface area (Å²) < 4.78 is 0. The number of carboxylic acids is 1. The number of benzene rings is 2. The van der Waals surface area contributed by atoms with Crippen LogP contribution in [0.2, 0.25) is 0 Å². The highest BCUT2D eigenvalue weighted by molar-refractivity contribution is 5.94. The summed E-state index contributed by atoms with van der Waals surface area (Å²) in [6, 6.07) is 12.3. The largest absolute Gasteiger partial charge is 0.478 e. The SMILES string of the molecule is CC(=O)c1ccc(-c2ccc(C(=O)O)cc2C)cc1. The Morgan fingerprint density at radius 1 is 0.947 bits per heavy atom. The van der Waals surface area contributed by atoms with Crippen LogP contribution in [0.15, 0.2) is 42.5 Å². The highest BCUT2D eigenvalue weighted by atomic mass is 16.4. The van der Waals surface area contributed by atoms with Gasteiger partial charge >= 0.3 is 5.97 Å². The van der Waals surface area contributed by atoms with Crippen molar-refractivity contribution in [3.05, 3.63) is 59.2 Å². The zero-order valence-electron chi connectivity index (χ0n) is 10.8. The first-order valence-electron chi connectivity index (χ1n) is 5.94. The fraction of sp³-hybridized carbons (Fsp3) is 0.125. The van der Waals surface area contributed by atoms with E-state index in [4.69, 9.17) is 5.11 Å². The molecule has 0 atom stereocenters. The van der Waals surface area contributed by atoms with Crippen LogP contribution in [0, 0.1) is 6.92 Å². The molecular weight excluding hydrogens is 240 g/mol. The smallest absolute Gasteiger partial charge is 0.335 e. The van der Waals surface area contributed by atoms with E-state index in [9.17, 15) is 9.59 Å². The summed E-state index contributed by atoms with van der Waals surface area (Å²) in [4.78, 5) is 22.1. The molecule has 2 rings (SSSR count). The molecule has 2 aromatic rings. The molecule has 0 bridgehead atoms. The van der Waals surface area contributed by atoms with Gasteiger partial charge in [-0.1, -0.05) is 30.3 Å². The summed E-state index contributed by atoms with van der Waals surface area (Å²) in [6.07, 6.45) is 0. The van der Waals surface area contributed by atoms with Gasteiger partial charge in [0.1, 0.15) is 0 Å². The summed E-state index contributed by atoms with van der Waals surface area (Å²) in [5.41, 5.74) is 3.79. The molecule has 0 aliphatic rings. The number of carbonyl (C=O) groups excluding carboxylic acids is 1. The van der Waals surface area contributed by atoms with Gasteiger partial charge in [-0.3, -0.25) is 4.79 Å². The van der Waals surface area contributed by atoms with Crippen molar-refractivity contribution >= 4 is 11.8 Å². The first-order valence-corrected chi connectivity index (χ1v) is 5.94. The molecule has 96 valence electrons. The first kappa shape index (κ1) is 13.0. The second kappa shape index (κ2) is 5.06. The third-order valence-electron chi connectivity index (χ3n) is 3.08. The number of Topliss-reactive ketones (excluding diaryl/α,β-unsaturated/α-hetero) is 1. The van der Waals surface area contributed by atoms with Crippen LogP contribution < -0.4 is 0 Å². The van der Waals surface area contributed by atoms with E-state index in [1.807, 2.05) is 19.1 Å². The molecule has 0 unspecified atom stereocenters. The highest BCUT2D eigenvalue weighted by Gasteiger charge is 2.07. The monoisotopic (exact) mass is 254 g/mol. The molecule has 3 nitrogen and oxygen atoms in total. The van der Waals surface area contributed by atoms with Gasteiger partial charge in [-0.15, -0.1) is 0 Å². The molecule has 0 aliphatic carbocycles. The number of aromatic carboxylic acids is 1. The molecule has 0 aromatic heterocycles. The van der Waals surface area contributed by atoms with Gasteiger partial charge in [0.05, 0.1) is 5.56 Å². The third kappa shape index (κ3) is 2.71. The summed E-state index contributed by atoms with van der Waals surface area (Å²) in [5, 5.41) is 8.93. The van der Waals surface area contributed by atoms with Gasteiger partial charge in [0.2, 0.25) is 0 Å². The van der Waals surface area contributed by atoms with Gasteiger partial charge < -0.3 is 5.11 Å². The molecule has 0 amide bonds. The Morgan fingerprint density at radius 2 is 1.53 bits per heavy atom. The number of carboxylic acid groups (broad SMARTS) is 1. The van der Waals surface area contributed by atoms with E-state index in [0.29, 0.717) is 5.56 Å². The van der Waals surface area contributed by atoms with Crippen molar-refractivity contribution in [1.29, 1.82) is 0 Å². The molecule has 0 radical (unpaired) electrons. The maximum Gasteiger partial charge on any atom is 0.335 e. The molecule has 0 heterocycles. The summed E-state index contributed by atoms with van der Waals surface area (Å²) in [7, 11) is 0. The van der Waals surface area contributed by atoms with Crippen LogP contribution in [0.25, 0.3) is 11.1 Å².